The topological polar surface area (TPSA) is 134 Å². The van der Waals surface area contributed by atoms with Crippen molar-refractivity contribution in [1.29, 1.82) is 0 Å². The molecular weight excluding hydrogens is 326 g/mol. The van der Waals surface area contributed by atoms with Crippen molar-refractivity contribution in [2.45, 2.75) is 38.9 Å². The molecule has 1 aliphatic rings. The average molecular weight is 343 g/mol. The first kappa shape index (κ1) is 17.6. The number of alkyl carbamates (subject to hydrolysis) is 1. The van der Waals surface area contributed by atoms with Gasteiger partial charge in [-0.2, -0.15) is 0 Å². The largest absolute Gasteiger partial charge is 0.519 e. The Labute approximate surface area is 136 Å². The second-order valence-corrected chi connectivity index (χ2v) is 5.04. The number of aryl methyl sites for hydroxylation is 1. The number of hydrogen-bond donors (Lipinski definition) is 1. The van der Waals surface area contributed by atoms with Crippen LogP contribution in [-0.4, -0.2) is 37.3 Å². The van der Waals surface area contributed by atoms with Crippen LogP contribution in [0.25, 0.3) is 0 Å². The fourth-order valence-corrected chi connectivity index (χ4v) is 1.88. The van der Waals surface area contributed by atoms with Crippen LogP contribution >= 0.6 is 0 Å². The monoisotopic (exact) mass is 343 g/mol. The van der Waals surface area contributed by atoms with E-state index in [0.717, 1.165) is 0 Å². The molecule has 1 aromatic heterocycles. The van der Waals surface area contributed by atoms with E-state index >= 15 is 0 Å². The maximum absolute atomic E-state index is 11.5. The molecule has 0 aliphatic carbocycles. The number of cyclic esters (lactones) is 1. The second-order valence-electron chi connectivity index (χ2n) is 5.04. The van der Waals surface area contributed by atoms with Gasteiger partial charge in [-0.25, -0.2) is 9.59 Å². The fourth-order valence-electron chi connectivity index (χ4n) is 1.88. The lowest BCUT2D eigenvalue weighted by Gasteiger charge is -2.08. The molecular formula is C14H17NO9. The van der Waals surface area contributed by atoms with Gasteiger partial charge in [0.25, 0.3) is 0 Å². The van der Waals surface area contributed by atoms with Gasteiger partial charge in [0.15, 0.2) is 24.2 Å². The van der Waals surface area contributed by atoms with E-state index in [1.807, 2.05) is 0 Å². The zero-order chi connectivity index (χ0) is 17.5. The van der Waals surface area contributed by atoms with Gasteiger partial charge in [-0.15, -0.1) is 0 Å². The first-order valence-electron chi connectivity index (χ1n) is 7.29. The van der Waals surface area contributed by atoms with Crippen molar-refractivity contribution in [1.82, 2.24) is 5.32 Å². The van der Waals surface area contributed by atoms with Gasteiger partial charge in [-0.05, 0) is 13.3 Å². The first-order chi connectivity index (χ1) is 11.4. The second kappa shape index (κ2) is 8.18. The molecule has 2 heterocycles. The normalized spacial score (nSPS) is 16.4. The van der Waals surface area contributed by atoms with Crippen LogP contribution in [0, 0.1) is 6.92 Å². The van der Waals surface area contributed by atoms with E-state index in [1.165, 1.54) is 6.92 Å². The number of rotatable bonds is 8. The van der Waals surface area contributed by atoms with Crippen LogP contribution in [-0.2, 0) is 30.4 Å². The Balaban J connectivity index is 1.56. The summed E-state index contributed by atoms with van der Waals surface area (Å²) in [5.74, 6) is -1.50. The molecule has 0 saturated carbocycles. The molecule has 2 rings (SSSR count). The highest BCUT2D eigenvalue weighted by Gasteiger charge is 2.23. The molecule has 132 valence electrons. The summed E-state index contributed by atoms with van der Waals surface area (Å²) in [6.45, 7) is 1.57. The third-order valence-electron chi connectivity index (χ3n) is 3.14. The number of carbonyl (C=O) groups is 3. The molecule has 10 heteroatoms. The van der Waals surface area contributed by atoms with E-state index in [4.69, 9.17) is 14.2 Å². The minimum Gasteiger partial charge on any atom is -0.462 e. The number of esters is 2. The molecule has 1 amide bonds. The highest BCUT2D eigenvalue weighted by molar-refractivity contribution is 5.72. The Kier molecular flexibility index (Phi) is 5.99. The van der Waals surface area contributed by atoms with Gasteiger partial charge < -0.3 is 28.4 Å². The van der Waals surface area contributed by atoms with Gasteiger partial charge in [0.2, 0.25) is 0 Å². The minimum absolute atomic E-state index is 0.0101. The summed E-state index contributed by atoms with van der Waals surface area (Å²) >= 11 is 0. The number of amides is 1. The van der Waals surface area contributed by atoms with Crippen LogP contribution in [0.15, 0.2) is 13.6 Å². The Bertz CT molecular complexity index is 659. The Hall–Kier alpha value is -2.78. The SMILES string of the molecule is Cc1oc(=O)oc1COC(=O)CCCC(=O)OCC1CNC(=O)O1. The fraction of sp³-hybridized carbons (Fsp3) is 0.571. The van der Waals surface area contributed by atoms with Crippen LogP contribution in [0.1, 0.15) is 30.8 Å². The predicted octanol–water partition coefficient (Wildman–Crippen LogP) is 0.406. The zero-order valence-corrected chi connectivity index (χ0v) is 13.0. The maximum atomic E-state index is 11.5. The third kappa shape index (κ3) is 5.45. The Morgan fingerprint density at radius 3 is 2.46 bits per heavy atom. The molecule has 0 bridgehead atoms. The van der Waals surface area contributed by atoms with Crippen LogP contribution in [0.3, 0.4) is 0 Å². The summed E-state index contributed by atoms with van der Waals surface area (Å²) in [5.41, 5.74) is 0. The van der Waals surface area contributed by atoms with Gasteiger partial charge in [0.05, 0.1) is 6.54 Å². The molecule has 0 radical (unpaired) electrons. The third-order valence-corrected chi connectivity index (χ3v) is 3.14. The summed E-state index contributed by atoms with van der Waals surface area (Å²) in [6, 6.07) is 0. The van der Waals surface area contributed by atoms with Crippen molar-refractivity contribution in [3.63, 3.8) is 0 Å². The quantitative estimate of drug-likeness (QED) is 0.526. The zero-order valence-electron chi connectivity index (χ0n) is 13.0. The lowest BCUT2D eigenvalue weighted by molar-refractivity contribution is -0.147. The lowest BCUT2D eigenvalue weighted by Crippen LogP contribution is -2.22. The van der Waals surface area contributed by atoms with Gasteiger partial charge >= 0.3 is 23.9 Å². The molecule has 1 aliphatic heterocycles. The van der Waals surface area contributed by atoms with Crippen molar-refractivity contribution in [3.05, 3.63) is 22.1 Å². The highest BCUT2D eigenvalue weighted by atomic mass is 16.6. The van der Waals surface area contributed by atoms with Crippen molar-refractivity contribution >= 4 is 18.0 Å². The molecule has 1 fully saturated rings. The van der Waals surface area contributed by atoms with E-state index in [1.54, 1.807) is 0 Å². The summed E-state index contributed by atoms with van der Waals surface area (Å²) in [7, 11) is 0. The highest BCUT2D eigenvalue weighted by Crippen LogP contribution is 2.08. The van der Waals surface area contributed by atoms with Crippen LogP contribution in [0.4, 0.5) is 4.79 Å². The first-order valence-corrected chi connectivity index (χ1v) is 7.29. The molecule has 1 aromatic rings. The van der Waals surface area contributed by atoms with E-state index in [-0.39, 0.29) is 44.0 Å². The number of hydrogen-bond acceptors (Lipinski definition) is 9. The van der Waals surface area contributed by atoms with Gasteiger partial charge in [-0.3, -0.25) is 9.59 Å². The van der Waals surface area contributed by atoms with Gasteiger partial charge in [-0.1, -0.05) is 0 Å². The molecule has 0 aromatic carbocycles. The Morgan fingerprint density at radius 2 is 1.88 bits per heavy atom. The van der Waals surface area contributed by atoms with Crippen LogP contribution in [0.5, 0.6) is 0 Å². The summed E-state index contributed by atoms with van der Waals surface area (Å²) < 4.78 is 23.9. The van der Waals surface area contributed by atoms with Crippen molar-refractivity contribution < 1.29 is 37.4 Å². The Morgan fingerprint density at radius 1 is 1.17 bits per heavy atom. The number of carbonyl (C=O) groups excluding carboxylic acids is 3. The van der Waals surface area contributed by atoms with E-state index in [9.17, 15) is 19.2 Å². The number of nitrogens with one attached hydrogen (secondary N) is 1. The molecule has 1 unspecified atom stereocenters. The van der Waals surface area contributed by atoms with Crippen molar-refractivity contribution in [3.8, 4) is 0 Å². The average Bonchev–Trinajstić information content (AvgIpc) is 3.08. The molecule has 1 N–H and O–H groups in total. The maximum Gasteiger partial charge on any atom is 0.519 e. The number of ether oxygens (including phenoxy) is 3. The lowest BCUT2D eigenvalue weighted by atomic mass is 10.2. The predicted molar refractivity (Wildman–Crippen MR) is 74.9 cm³/mol. The summed E-state index contributed by atoms with van der Waals surface area (Å²) in [6.07, 6.45) is -0.741. The minimum atomic E-state index is -0.857. The van der Waals surface area contributed by atoms with Crippen molar-refractivity contribution in [2.24, 2.45) is 0 Å². The molecule has 0 spiro atoms. The molecule has 10 nitrogen and oxygen atoms in total. The molecule has 1 atom stereocenters. The molecule has 1 saturated heterocycles. The van der Waals surface area contributed by atoms with Gasteiger partial charge in [0.1, 0.15) is 6.61 Å². The van der Waals surface area contributed by atoms with Gasteiger partial charge in [0, 0.05) is 12.8 Å². The van der Waals surface area contributed by atoms with Crippen molar-refractivity contribution in [2.75, 3.05) is 13.2 Å². The molecule has 24 heavy (non-hydrogen) atoms. The van der Waals surface area contributed by atoms with Crippen LogP contribution < -0.4 is 11.1 Å². The van der Waals surface area contributed by atoms with E-state index < -0.39 is 30.0 Å². The van der Waals surface area contributed by atoms with E-state index in [0.29, 0.717) is 6.54 Å². The van der Waals surface area contributed by atoms with Crippen LogP contribution in [0.2, 0.25) is 0 Å². The van der Waals surface area contributed by atoms with E-state index in [2.05, 4.69) is 14.2 Å². The smallest absolute Gasteiger partial charge is 0.462 e. The summed E-state index contributed by atoms with van der Waals surface area (Å²) in [5, 5.41) is 2.44. The summed E-state index contributed by atoms with van der Waals surface area (Å²) in [4.78, 5) is 44.6. The standard InChI is InChI=1S/C14H17NO9/c1-8-10(24-14(19)22-8)7-21-12(17)4-2-3-11(16)20-6-9-5-15-13(18)23-9/h9H,2-7H2,1H3,(H,15,18).